The molecule has 4 unspecified atom stereocenters. The molecule has 1 N–H and O–H groups in total. The van der Waals surface area contributed by atoms with Crippen LogP contribution in [0.2, 0.25) is 0 Å². The number of aromatic nitrogens is 1. The van der Waals surface area contributed by atoms with E-state index in [-0.39, 0.29) is 11.8 Å². The first kappa shape index (κ1) is 16.5. The first-order valence-corrected chi connectivity index (χ1v) is 10.7. The van der Waals surface area contributed by atoms with Crippen LogP contribution in [0.25, 0.3) is 10.2 Å². The zero-order valence-corrected chi connectivity index (χ0v) is 15.8. The van der Waals surface area contributed by atoms with Crippen LogP contribution in [0.1, 0.15) is 43.0 Å². The minimum atomic E-state index is 0.0433. The number of thiazole rings is 1. The van der Waals surface area contributed by atoms with Gasteiger partial charge in [-0.2, -0.15) is 0 Å². The van der Waals surface area contributed by atoms with Gasteiger partial charge in [0, 0.05) is 24.5 Å². The minimum absolute atomic E-state index is 0.0433. The minimum Gasteiger partial charge on any atom is -0.335 e. The first-order valence-electron chi connectivity index (χ1n) is 9.84. The van der Waals surface area contributed by atoms with Crippen LogP contribution < -0.4 is 5.32 Å². The van der Waals surface area contributed by atoms with Crippen LogP contribution in [0.4, 0.5) is 0 Å². The third-order valence-corrected chi connectivity index (χ3v) is 7.45. The summed E-state index contributed by atoms with van der Waals surface area (Å²) in [5.74, 6) is 0.636. The lowest BCUT2D eigenvalue weighted by Crippen LogP contribution is -2.47. The van der Waals surface area contributed by atoms with Crippen LogP contribution in [-0.4, -0.2) is 41.0 Å². The molecule has 2 saturated heterocycles. The van der Waals surface area contributed by atoms with Crippen LogP contribution in [0.5, 0.6) is 0 Å². The van der Waals surface area contributed by atoms with Crippen LogP contribution in [0.3, 0.4) is 0 Å². The maximum Gasteiger partial charge on any atom is 0.227 e. The summed E-state index contributed by atoms with van der Waals surface area (Å²) in [5, 5.41) is 4.64. The van der Waals surface area contributed by atoms with Crippen LogP contribution in [-0.2, 0) is 4.79 Å². The summed E-state index contributed by atoms with van der Waals surface area (Å²) < 4.78 is 1.22. The Kier molecular flexibility index (Phi) is 4.29. The van der Waals surface area contributed by atoms with Crippen molar-refractivity contribution in [2.45, 2.75) is 50.1 Å². The summed E-state index contributed by atoms with van der Waals surface area (Å²) in [6.07, 6.45) is 9.63. The number of nitrogens with one attached hydrogen (secondary N) is 1. The lowest BCUT2D eigenvalue weighted by atomic mass is 9.82. The van der Waals surface area contributed by atoms with Gasteiger partial charge in [0.25, 0.3) is 0 Å². The molecular formula is C21H25N3OS. The number of amides is 1. The highest BCUT2D eigenvalue weighted by Crippen LogP contribution is 2.41. The molecular weight excluding hydrogens is 342 g/mol. The third kappa shape index (κ3) is 2.78. The van der Waals surface area contributed by atoms with Gasteiger partial charge < -0.3 is 10.2 Å². The van der Waals surface area contributed by atoms with Gasteiger partial charge in [0.1, 0.15) is 0 Å². The number of rotatable bonds is 2. The van der Waals surface area contributed by atoms with E-state index in [4.69, 9.17) is 4.98 Å². The van der Waals surface area contributed by atoms with E-state index >= 15 is 0 Å². The fourth-order valence-electron chi connectivity index (χ4n) is 4.94. The van der Waals surface area contributed by atoms with Gasteiger partial charge in [-0.05, 0) is 50.8 Å². The molecule has 5 heteroatoms. The van der Waals surface area contributed by atoms with Gasteiger partial charge >= 0.3 is 0 Å². The van der Waals surface area contributed by atoms with Crippen LogP contribution in [0.15, 0.2) is 36.4 Å². The largest absolute Gasteiger partial charge is 0.335 e. The average molecular weight is 368 g/mol. The normalized spacial score (nSPS) is 31.3. The molecule has 0 spiro atoms. The van der Waals surface area contributed by atoms with Gasteiger partial charge in [-0.1, -0.05) is 24.3 Å². The van der Waals surface area contributed by atoms with Crippen molar-refractivity contribution in [3.05, 3.63) is 41.4 Å². The van der Waals surface area contributed by atoms with E-state index in [0.717, 1.165) is 49.3 Å². The molecule has 0 saturated carbocycles. The standard InChI is InChI=1S/C21H25N3OS/c25-21(24-14-9-10-15(24)13-22-12-11-14)17-6-2-1-5-16(17)20-23-18-7-3-4-8-19(18)26-20/h1-4,7-8,14-17,22H,5-6,9-13H2. The Balaban J connectivity index is 1.46. The maximum absolute atomic E-state index is 13.6. The van der Waals surface area contributed by atoms with Gasteiger partial charge in [0.15, 0.2) is 0 Å². The number of benzene rings is 1. The molecule has 2 bridgehead atoms. The average Bonchev–Trinajstić information content (AvgIpc) is 3.20. The van der Waals surface area contributed by atoms with E-state index in [1.54, 1.807) is 11.3 Å². The monoisotopic (exact) mass is 367 g/mol. The van der Waals surface area contributed by atoms with Crippen molar-refractivity contribution in [3.63, 3.8) is 0 Å². The second kappa shape index (κ2) is 6.78. The Bertz CT molecular complexity index is 798. The number of hydrogen-bond donors (Lipinski definition) is 1. The molecule has 5 rings (SSSR count). The molecule has 0 radical (unpaired) electrons. The second-order valence-corrected chi connectivity index (χ2v) is 8.86. The van der Waals surface area contributed by atoms with E-state index in [2.05, 4.69) is 40.6 Å². The zero-order valence-electron chi connectivity index (χ0n) is 14.9. The Hall–Kier alpha value is -1.72. The number of fused-ring (bicyclic) bond motifs is 3. The number of carbonyl (C=O) groups is 1. The molecule has 26 heavy (non-hydrogen) atoms. The van der Waals surface area contributed by atoms with Crippen LogP contribution in [0, 0.1) is 5.92 Å². The van der Waals surface area contributed by atoms with Gasteiger partial charge in [-0.3, -0.25) is 4.79 Å². The highest BCUT2D eigenvalue weighted by atomic mass is 32.1. The molecule has 3 heterocycles. The Labute approximate surface area is 158 Å². The molecule has 136 valence electrons. The smallest absolute Gasteiger partial charge is 0.227 e. The number of nitrogens with zero attached hydrogens (tertiary/aromatic N) is 2. The van der Waals surface area contributed by atoms with Crippen molar-refractivity contribution in [3.8, 4) is 0 Å². The van der Waals surface area contributed by atoms with Crippen molar-refractivity contribution >= 4 is 27.5 Å². The molecule has 4 atom stereocenters. The van der Waals surface area contributed by atoms with Gasteiger partial charge in [0.2, 0.25) is 5.91 Å². The van der Waals surface area contributed by atoms with E-state index < -0.39 is 0 Å². The second-order valence-electron chi connectivity index (χ2n) is 7.80. The lowest BCUT2D eigenvalue weighted by molar-refractivity contribution is -0.139. The van der Waals surface area contributed by atoms with Crippen molar-refractivity contribution in [1.82, 2.24) is 15.2 Å². The zero-order chi connectivity index (χ0) is 17.5. The first-order chi connectivity index (χ1) is 12.8. The van der Waals surface area contributed by atoms with Crippen molar-refractivity contribution < 1.29 is 4.79 Å². The van der Waals surface area contributed by atoms with Gasteiger partial charge in [-0.25, -0.2) is 4.98 Å². The summed E-state index contributed by atoms with van der Waals surface area (Å²) in [6, 6.07) is 9.13. The molecule has 1 aromatic heterocycles. The lowest BCUT2D eigenvalue weighted by Gasteiger charge is -2.35. The molecule has 4 nitrogen and oxygen atoms in total. The van der Waals surface area contributed by atoms with Crippen molar-refractivity contribution in [2.24, 2.45) is 5.92 Å². The molecule has 1 amide bonds. The predicted octanol–water partition coefficient (Wildman–Crippen LogP) is 3.70. The fraction of sp³-hybridized carbons (Fsp3) is 0.524. The van der Waals surface area contributed by atoms with Gasteiger partial charge in [-0.15, -0.1) is 11.3 Å². The van der Waals surface area contributed by atoms with Crippen molar-refractivity contribution in [2.75, 3.05) is 13.1 Å². The van der Waals surface area contributed by atoms with Gasteiger partial charge in [0.05, 0.1) is 21.1 Å². The SMILES string of the molecule is O=C(C1CC=CCC1c1nc2ccccc2s1)N1C2CCNCC1CC2. The Morgan fingerprint density at radius 1 is 1.12 bits per heavy atom. The van der Waals surface area contributed by atoms with E-state index in [0.29, 0.717) is 18.0 Å². The summed E-state index contributed by atoms with van der Waals surface area (Å²) in [7, 11) is 0. The number of carbonyl (C=O) groups excluding carboxylic acids is 1. The Morgan fingerprint density at radius 3 is 2.88 bits per heavy atom. The third-order valence-electron chi connectivity index (χ3n) is 6.29. The highest BCUT2D eigenvalue weighted by Gasteiger charge is 2.43. The molecule has 3 aliphatic rings. The molecule has 2 fully saturated rings. The fourth-order valence-corrected chi connectivity index (χ4v) is 6.09. The summed E-state index contributed by atoms with van der Waals surface area (Å²) >= 11 is 1.76. The molecule has 1 aromatic carbocycles. The molecule has 2 aliphatic heterocycles. The summed E-state index contributed by atoms with van der Waals surface area (Å²) in [4.78, 5) is 20.7. The quantitative estimate of drug-likeness (QED) is 0.823. The van der Waals surface area contributed by atoms with E-state index in [9.17, 15) is 4.79 Å². The topological polar surface area (TPSA) is 45.2 Å². The number of hydrogen-bond acceptors (Lipinski definition) is 4. The number of para-hydroxylation sites is 1. The van der Waals surface area contributed by atoms with E-state index in [1.807, 2.05) is 6.07 Å². The van der Waals surface area contributed by atoms with Crippen LogP contribution >= 0.6 is 11.3 Å². The van der Waals surface area contributed by atoms with E-state index in [1.165, 1.54) is 11.1 Å². The molecule has 2 aromatic rings. The summed E-state index contributed by atoms with van der Waals surface area (Å²) in [5.41, 5.74) is 1.06. The highest BCUT2D eigenvalue weighted by molar-refractivity contribution is 7.18. The predicted molar refractivity (Wildman–Crippen MR) is 105 cm³/mol. The summed E-state index contributed by atoms with van der Waals surface area (Å²) in [6.45, 7) is 1.99. The van der Waals surface area contributed by atoms with Crippen molar-refractivity contribution in [1.29, 1.82) is 0 Å². The molecule has 1 aliphatic carbocycles. The Morgan fingerprint density at radius 2 is 1.96 bits per heavy atom. The number of allylic oxidation sites excluding steroid dienone is 2. The maximum atomic E-state index is 13.6.